The number of nitrogens with zero attached hydrogens (tertiary/aromatic N) is 3. The predicted octanol–water partition coefficient (Wildman–Crippen LogP) is 3.34. The second-order valence-electron chi connectivity index (χ2n) is 7.81. The quantitative estimate of drug-likeness (QED) is 0.674. The molecule has 7 heteroatoms. The molecule has 2 aromatic carbocycles. The molecule has 6 nitrogen and oxygen atoms in total. The van der Waals surface area contributed by atoms with Crippen molar-refractivity contribution in [3.63, 3.8) is 0 Å². The van der Waals surface area contributed by atoms with Crippen molar-refractivity contribution in [2.45, 2.75) is 50.2 Å². The van der Waals surface area contributed by atoms with Crippen LogP contribution >= 0.6 is 0 Å². The van der Waals surface area contributed by atoms with E-state index in [4.69, 9.17) is 0 Å². The number of rotatable bonds is 6. The number of nitrogens with one attached hydrogen (secondary N) is 1. The van der Waals surface area contributed by atoms with Crippen LogP contribution < -0.4 is 5.32 Å². The molecule has 1 aliphatic heterocycles. The van der Waals surface area contributed by atoms with E-state index in [2.05, 4.69) is 15.5 Å². The monoisotopic (exact) mass is 410 g/mol. The van der Waals surface area contributed by atoms with Crippen LogP contribution in [0.2, 0.25) is 0 Å². The van der Waals surface area contributed by atoms with E-state index < -0.39 is 9.84 Å². The van der Waals surface area contributed by atoms with Gasteiger partial charge >= 0.3 is 0 Å². The van der Waals surface area contributed by atoms with Crippen LogP contribution in [0.3, 0.4) is 0 Å². The highest BCUT2D eigenvalue weighted by atomic mass is 32.2. The Morgan fingerprint density at radius 1 is 1.03 bits per heavy atom. The summed E-state index contributed by atoms with van der Waals surface area (Å²) in [7, 11) is -3.64. The second kappa shape index (κ2) is 8.08. The minimum absolute atomic E-state index is 0.0378. The van der Waals surface area contributed by atoms with Gasteiger partial charge in [-0.1, -0.05) is 59.7 Å². The Morgan fingerprint density at radius 3 is 2.52 bits per heavy atom. The van der Waals surface area contributed by atoms with Crippen LogP contribution in [0.5, 0.6) is 0 Å². The Labute approximate surface area is 171 Å². The molecule has 4 rings (SSSR count). The van der Waals surface area contributed by atoms with Crippen molar-refractivity contribution < 1.29 is 8.42 Å². The molecule has 3 aromatic rings. The SMILES string of the molecule is Cc1ccc(Cn2c(C3CCCN3)nnc2S(=O)(=O)Cc2cccc(C)c2)cc1. The molecule has 1 aromatic heterocycles. The van der Waals surface area contributed by atoms with Crippen molar-refractivity contribution in [3.8, 4) is 0 Å². The summed E-state index contributed by atoms with van der Waals surface area (Å²) in [6.07, 6.45) is 1.98. The van der Waals surface area contributed by atoms with Gasteiger partial charge in [-0.05, 0) is 44.4 Å². The summed E-state index contributed by atoms with van der Waals surface area (Å²) in [4.78, 5) is 0. The zero-order valence-electron chi connectivity index (χ0n) is 16.8. The molecule has 0 radical (unpaired) electrons. The molecule has 0 saturated carbocycles. The maximum atomic E-state index is 13.3. The van der Waals surface area contributed by atoms with Crippen molar-refractivity contribution in [3.05, 3.63) is 76.6 Å². The maximum absolute atomic E-state index is 13.3. The number of sulfone groups is 1. The lowest BCUT2D eigenvalue weighted by molar-refractivity contribution is 0.535. The summed E-state index contributed by atoms with van der Waals surface area (Å²) >= 11 is 0. The third-order valence-corrected chi connectivity index (χ3v) is 6.87. The van der Waals surface area contributed by atoms with Crippen molar-refractivity contribution >= 4 is 9.84 Å². The zero-order valence-corrected chi connectivity index (χ0v) is 17.6. The van der Waals surface area contributed by atoms with Crippen molar-refractivity contribution in [2.75, 3.05) is 6.54 Å². The minimum Gasteiger partial charge on any atom is -0.307 e. The fourth-order valence-electron chi connectivity index (χ4n) is 3.80. The van der Waals surface area contributed by atoms with Gasteiger partial charge in [0.15, 0.2) is 5.82 Å². The van der Waals surface area contributed by atoms with Gasteiger partial charge in [0.05, 0.1) is 18.3 Å². The van der Waals surface area contributed by atoms with Gasteiger partial charge in [-0.25, -0.2) is 8.42 Å². The van der Waals surface area contributed by atoms with Crippen molar-refractivity contribution in [1.82, 2.24) is 20.1 Å². The molecular weight excluding hydrogens is 384 g/mol. The molecular formula is C22H26N4O2S. The van der Waals surface area contributed by atoms with Crippen LogP contribution in [0.25, 0.3) is 0 Å². The summed E-state index contributed by atoms with van der Waals surface area (Å²) in [5.74, 6) is 0.615. The average Bonchev–Trinajstić information content (AvgIpc) is 3.33. The summed E-state index contributed by atoms with van der Waals surface area (Å²) in [5, 5.41) is 11.9. The lowest BCUT2D eigenvalue weighted by Gasteiger charge is -2.15. The molecule has 1 saturated heterocycles. The normalized spacial score (nSPS) is 17.0. The van der Waals surface area contributed by atoms with Crippen LogP contribution in [0.1, 0.15) is 47.0 Å². The van der Waals surface area contributed by atoms with E-state index in [9.17, 15) is 8.42 Å². The van der Waals surface area contributed by atoms with Gasteiger partial charge in [-0.3, -0.25) is 4.57 Å². The smallest absolute Gasteiger partial charge is 0.250 e. The number of hydrogen-bond donors (Lipinski definition) is 1. The second-order valence-corrected chi connectivity index (χ2v) is 9.69. The van der Waals surface area contributed by atoms with E-state index in [1.165, 1.54) is 5.56 Å². The molecule has 1 N–H and O–H groups in total. The Morgan fingerprint density at radius 2 is 1.83 bits per heavy atom. The van der Waals surface area contributed by atoms with Gasteiger partial charge in [0.2, 0.25) is 15.0 Å². The minimum atomic E-state index is -3.64. The number of benzene rings is 2. The first-order chi connectivity index (χ1) is 13.9. The molecule has 2 heterocycles. The van der Waals surface area contributed by atoms with E-state index in [0.29, 0.717) is 12.4 Å². The molecule has 0 amide bonds. The van der Waals surface area contributed by atoms with Crippen LogP contribution in [0.4, 0.5) is 0 Å². The first-order valence-corrected chi connectivity index (χ1v) is 11.6. The lowest BCUT2D eigenvalue weighted by Crippen LogP contribution is -2.21. The highest BCUT2D eigenvalue weighted by molar-refractivity contribution is 7.90. The molecule has 152 valence electrons. The highest BCUT2D eigenvalue weighted by Gasteiger charge is 2.30. The Bertz CT molecular complexity index is 1100. The Kier molecular flexibility index (Phi) is 5.52. The molecule has 1 aliphatic rings. The van der Waals surface area contributed by atoms with Crippen LogP contribution in [0.15, 0.2) is 53.7 Å². The summed E-state index contributed by atoms with van der Waals surface area (Å²) in [5.41, 5.74) is 3.99. The van der Waals surface area contributed by atoms with E-state index in [-0.39, 0.29) is 17.0 Å². The van der Waals surface area contributed by atoms with E-state index >= 15 is 0 Å². The van der Waals surface area contributed by atoms with Gasteiger partial charge in [-0.15, -0.1) is 10.2 Å². The van der Waals surface area contributed by atoms with Crippen LogP contribution in [-0.2, 0) is 22.1 Å². The van der Waals surface area contributed by atoms with E-state index in [1.54, 1.807) is 4.57 Å². The largest absolute Gasteiger partial charge is 0.307 e. The number of hydrogen-bond acceptors (Lipinski definition) is 5. The molecule has 1 fully saturated rings. The molecule has 0 spiro atoms. The Hall–Kier alpha value is -2.51. The maximum Gasteiger partial charge on any atom is 0.250 e. The standard InChI is InChI=1S/C22H26N4O2S/c1-16-8-10-18(11-9-16)14-26-21(20-7-4-12-23-20)24-25-22(26)29(27,28)15-19-6-3-5-17(2)13-19/h3,5-6,8-11,13,20,23H,4,7,12,14-15H2,1-2H3. The number of aromatic nitrogens is 3. The van der Waals surface area contributed by atoms with Gasteiger partial charge in [-0.2, -0.15) is 0 Å². The molecule has 29 heavy (non-hydrogen) atoms. The summed E-state index contributed by atoms with van der Waals surface area (Å²) in [6, 6.07) is 15.7. The molecule has 1 unspecified atom stereocenters. The van der Waals surface area contributed by atoms with Gasteiger partial charge in [0.25, 0.3) is 0 Å². The van der Waals surface area contributed by atoms with Gasteiger partial charge in [0.1, 0.15) is 0 Å². The van der Waals surface area contributed by atoms with Crippen molar-refractivity contribution in [1.29, 1.82) is 0 Å². The fourth-order valence-corrected chi connectivity index (χ4v) is 5.21. The molecule has 0 bridgehead atoms. The summed E-state index contributed by atoms with van der Waals surface area (Å²) < 4.78 is 28.3. The number of aryl methyl sites for hydroxylation is 2. The van der Waals surface area contributed by atoms with Gasteiger partial charge in [0, 0.05) is 0 Å². The predicted molar refractivity (Wildman–Crippen MR) is 112 cm³/mol. The van der Waals surface area contributed by atoms with Crippen LogP contribution in [0, 0.1) is 13.8 Å². The highest BCUT2D eigenvalue weighted by Crippen LogP contribution is 2.26. The van der Waals surface area contributed by atoms with E-state index in [1.807, 2.05) is 62.4 Å². The third kappa shape index (κ3) is 4.41. The molecule has 1 atom stereocenters. The van der Waals surface area contributed by atoms with Gasteiger partial charge < -0.3 is 5.32 Å². The molecule has 0 aliphatic carbocycles. The fraction of sp³-hybridized carbons (Fsp3) is 0.364. The van der Waals surface area contributed by atoms with Crippen molar-refractivity contribution in [2.24, 2.45) is 0 Å². The Balaban J connectivity index is 1.72. The zero-order chi connectivity index (χ0) is 20.4. The first kappa shape index (κ1) is 19.8. The summed E-state index contributed by atoms with van der Waals surface area (Å²) in [6.45, 7) is 5.34. The topological polar surface area (TPSA) is 76.9 Å². The average molecular weight is 411 g/mol. The van der Waals surface area contributed by atoms with Crippen LogP contribution in [-0.4, -0.2) is 29.7 Å². The lowest BCUT2D eigenvalue weighted by atomic mass is 10.1. The van der Waals surface area contributed by atoms with E-state index in [0.717, 1.165) is 36.1 Å². The first-order valence-electron chi connectivity index (χ1n) is 9.93. The third-order valence-electron chi connectivity index (χ3n) is 5.30.